The average Bonchev–Trinajstić information content (AvgIpc) is 2.61. The second-order valence-electron chi connectivity index (χ2n) is 7.38. The van der Waals surface area contributed by atoms with Crippen molar-refractivity contribution < 1.29 is 17.9 Å². The Labute approximate surface area is 154 Å². The molecule has 0 spiro atoms. The summed E-state index contributed by atoms with van der Waals surface area (Å²) in [6.45, 7) is 6.18. The number of allylic oxidation sites excluding steroid dienone is 2. The van der Waals surface area contributed by atoms with Crippen LogP contribution in [0.5, 0.6) is 5.75 Å². The minimum Gasteiger partial charge on any atom is -0.493 e. The smallest absolute Gasteiger partial charge is 0.206 e. The minimum atomic E-state index is -3.68. The van der Waals surface area contributed by atoms with E-state index in [4.69, 9.17) is 9.47 Å². The first-order valence-electron chi connectivity index (χ1n) is 8.74. The number of benzene rings is 2. The largest absolute Gasteiger partial charge is 0.493 e. The first-order chi connectivity index (χ1) is 12.3. The van der Waals surface area contributed by atoms with Crippen LogP contribution >= 0.6 is 0 Å². The van der Waals surface area contributed by atoms with E-state index < -0.39 is 15.4 Å². The van der Waals surface area contributed by atoms with Crippen LogP contribution in [0, 0.1) is 5.92 Å². The molecule has 0 radical (unpaired) electrons. The van der Waals surface area contributed by atoms with E-state index in [1.165, 1.54) is 0 Å². The number of sulfone groups is 1. The van der Waals surface area contributed by atoms with Crippen LogP contribution in [0.3, 0.4) is 0 Å². The molecule has 2 aromatic carbocycles. The van der Waals surface area contributed by atoms with E-state index in [0.29, 0.717) is 22.2 Å². The first kappa shape index (κ1) is 17.2. The molecule has 0 aromatic heterocycles. The van der Waals surface area contributed by atoms with Gasteiger partial charge in [0.05, 0.1) is 16.4 Å². The highest BCUT2D eigenvalue weighted by molar-refractivity contribution is 7.95. The lowest BCUT2D eigenvalue weighted by Gasteiger charge is -2.47. The molecular formula is C21H22O4S. The predicted molar refractivity (Wildman–Crippen MR) is 99.7 cm³/mol. The lowest BCUT2D eigenvalue weighted by atomic mass is 9.73. The molecule has 0 saturated heterocycles. The van der Waals surface area contributed by atoms with Gasteiger partial charge in [0.2, 0.25) is 9.84 Å². The number of fused-ring (bicyclic) bond motifs is 3. The van der Waals surface area contributed by atoms with E-state index in [0.717, 1.165) is 11.3 Å². The number of para-hydroxylation sites is 1. The van der Waals surface area contributed by atoms with Crippen molar-refractivity contribution in [3.63, 3.8) is 0 Å². The summed E-state index contributed by atoms with van der Waals surface area (Å²) in [5, 5.41) is 0. The van der Waals surface area contributed by atoms with E-state index in [1.807, 2.05) is 44.2 Å². The molecule has 2 aliphatic heterocycles. The van der Waals surface area contributed by atoms with Gasteiger partial charge in [0.15, 0.2) is 0 Å². The quantitative estimate of drug-likeness (QED) is 0.791. The van der Waals surface area contributed by atoms with E-state index in [1.54, 1.807) is 31.2 Å². The number of ether oxygens (including phenoxy) is 2. The molecule has 4 rings (SSSR count). The fourth-order valence-electron chi connectivity index (χ4n) is 4.11. The van der Waals surface area contributed by atoms with Gasteiger partial charge in [-0.25, -0.2) is 8.42 Å². The zero-order valence-corrected chi connectivity index (χ0v) is 15.9. The molecule has 5 heteroatoms. The highest BCUT2D eigenvalue weighted by Crippen LogP contribution is 2.53. The van der Waals surface area contributed by atoms with E-state index in [-0.39, 0.29) is 11.8 Å². The molecule has 0 aliphatic carbocycles. The second-order valence-corrected chi connectivity index (χ2v) is 9.29. The van der Waals surface area contributed by atoms with Crippen molar-refractivity contribution >= 4 is 9.84 Å². The van der Waals surface area contributed by atoms with Crippen LogP contribution in [0.25, 0.3) is 0 Å². The maximum absolute atomic E-state index is 13.5. The number of hydrogen-bond donors (Lipinski definition) is 0. The van der Waals surface area contributed by atoms with Gasteiger partial charge in [-0.2, -0.15) is 0 Å². The molecule has 26 heavy (non-hydrogen) atoms. The molecule has 2 heterocycles. The number of rotatable bonds is 2. The van der Waals surface area contributed by atoms with Gasteiger partial charge in [-0.1, -0.05) is 36.4 Å². The van der Waals surface area contributed by atoms with Crippen molar-refractivity contribution in [2.75, 3.05) is 6.61 Å². The third kappa shape index (κ3) is 2.53. The van der Waals surface area contributed by atoms with Gasteiger partial charge in [-0.15, -0.1) is 0 Å². The van der Waals surface area contributed by atoms with E-state index in [9.17, 15) is 8.42 Å². The summed E-state index contributed by atoms with van der Waals surface area (Å²) in [6.07, 6.45) is 0. The highest BCUT2D eigenvalue weighted by Gasteiger charge is 2.51. The molecule has 0 bridgehead atoms. The van der Waals surface area contributed by atoms with Crippen LogP contribution < -0.4 is 4.74 Å². The van der Waals surface area contributed by atoms with Gasteiger partial charge >= 0.3 is 0 Å². The van der Waals surface area contributed by atoms with Crippen molar-refractivity contribution in [3.8, 4) is 5.75 Å². The Hall–Kier alpha value is -2.27. The normalized spacial score (nSPS) is 24.1. The zero-order valence-electron chi connectivity index (χ0n) is 15.1. The molecule has 0 amide bonds. The molecule has 2 atom stereocenters. The van der Waals surface area contributed by atoms with E-state index in [2.05, 4.69) is 0 Å². The van der Waals surface area contributed by atoms with Gasteiger partial charge in [0.1, 0.15) is 17.1 Å². The molecule has 0 saturated carbocycles. The van der Waals surface area contributed by atoms with Gasteiger partial charge in [-0.05, 0) is 39.0 Å². The molecule has 0 N–H and O–H groups in total. The van der Waals surface area contributed by atoms with Crippen LogP contribution in [-0.2, 0) is 14.6 Å². The fraction of sp³-hybridized carbons (Fsp3) is 0.333. The minimum absolute atomic E-state index is 0.0883. The van der Waals surface area contributed by atoms with Crippen LogP contribution in [0.2, 0.25) is 0 Å². The summed E-state index contributed by atoms with van der Waals surface area (Å²) in [7, 11) is -3.68. The van der Waals surface area contributed by atoms with Crippen molar-refractivity contribution in [1.29, 1.82) is 0 Å². The highest BCUT2D eigenvalue weighted by atomic mass is 32.2. The Balaban J connectivity index is 1.96. The summed E-state index contributed by atoms with van der Waals surface area (Å²) in [5.74, 6) is 0.848. The molecule has 0 unspecified atom stereocenters. The van der Waals surface area contributed by atoms with Crippen molar-refractivity contribution in [1.82, 2.24) is 0 Å². The van der Waals surface area contributed by atoms with Crippen molar-refractivity contribution in [2.45, 2.75) is 37.2 Å². The Morgan fingerprint density at radius 3 is 2.38 bits per heavy atom. The van der Waals surface area contributed by atoms with Gasteiger partial charge in [0.25, 0.3) is 0 Å². The van der Waals surface area contributed by atoms with Crippen LogP contribution in [-0.4, -0.2) is 20.6 Å². The summed E-state index contributed by atoms with van der Waals surface area (Å²) >= 11 is 0. The molecule has 0 fully saturated rings. The third-order valence-electron chi connectivity index (χ3n) is 5.36. The van der Waals surface area contributed by atoms with Crippen molar-refractivity contribution in [3.05, 3.63) is 70.8 Å². The lowest BCUT2D eigenvalue weighted by molar-refractivity contribution is -0.0594. The van der Waals surface area contributed by atoms with Gasteiger partial charge in [0, 0.05) is 17.4 Å². The molecule has 2 aliphatic rings. The molecule has 2 aromatic rings. The summed E-state index contributed by atoms with van der Waals surface area (Å²) in [6, 6.07) is 16.3. The fourth-order valence-corrected chi connectivity index (χ4v) is 5.93. The van der Waals surface area contributed by atoms with Crippen molar-refractivity contribution in [2.24, 2.45) is 5.92 Å². The number of hydrogen-bond acceptors (Lipinski definition) is 4. The van der Waals surface area contributed by atoms with E-state index >= 15 is 0 Å². The Morgan fingerprint density at radius 2 is 1.65 bits per heavy atom. The summed E-state index contributed by atoms with van der Waals surface area (Å²) < 4.78 is 39.0. The third-order valence-corrected chi connectivity index (χ3v) is 7.37. The lowest BCUT2D eigenvalue weighted by Crippen LogP contribution is -2.48. The summed E-state index contributed by atoms with van der Waals surface area (Å²) in [5.41, 5.74) is 0.395. The standard InChI is InChI=1S/C21H22O4S/c1-14-20(26(22,23)15-9-5-4-6-10-15)19-16-11-7-8-12-18(16)24-13-17(19)21(2,3)25-14/h4-12,17,19H,13H2,1-3H3/t17-,19+/m0/s1. The van der Waals surface area contributed by atoms with Gasteiger partial charge < -0.3 is 9.47 Å². The van der Waals surface area contributed by atoms with Crippen LogP contribution in [0.4, 0.5) is 0 Å². The average molecular weight is 370 g/mol. The first-order valence-corrected chi connectivity index (χ1v) is 10.2. The zero-order chi connectivity index (χ0) is 18.5. The topological polar surface area (TPSA) is 52.6 Å². The molecular weight excluding hydrogens is 348 g/mol. The molecule has 4 nitrogen and oxygen atoms in total. The SMILES string of the molecule is CC1=C(S(=O)(=O)c2ccccc2)[C@@H]2c3ccccc3OC[C@@H]2C(C)(C)O1. The van der Waals surface area contributed by atoms with Gasteiger partial charge in [-0.3, -0.25) is 0 Å². The second kappa shape index (κ2) is 5.88. The Morgan fingerprint density at radius 1 is 1.00 bits per heavy atom. The van der Waals surface area contributed by atoms with Crippen LogP contribution in [0.1, 0.15) is 32.3 Å². The Bertz CT molecular complexity index is 974. The Kier molecular flexibility index (Phi) is 3.88. The predicted octanol–water partition coefficient (Wildman–Crippen LogP) is 4.29. The monoisotopic (exact) mass is 370 g/mol. The van der Waals surface area contributed by atoms with Crippen LogP contribution in [0.15, 0.2) is 70.2 Å². The maximum atomic E-state index is 13.5. The maximum Gasteiger partial charge on any atom is 0.206 e. The summed E-state index contributed by atoms with van der Waals surface area (Å²) in [4.78, 5) is 0.643. The molecule has 136 valence electrons.